The number of sulfonamides is 1. The molecular weight excluding hydrogens is 256 g/mol. The van der Waals surface area contributed by atoms with Gasteiger partial charge in [-0.15, -0.1) is 0 Å². The summed E-state index contributed by atoms with van der Waals surface area (Å²) in [5, 5.41) is 0. The van der Waals surface area contributed by atoms with Gasteiger partial charge in [0.25, 0.3) is 0 Å². The third-order valence-corrected chi connectivity index (χ3v) is 3.96. The van der Waals surface area contributed by atoms with E-state index in [9.17, 15) is 13.2 Å². The van der Waals surface area contributed by atoms with Crippen molar-refractivity contribution in [1.29, 1.82) is 0 Å². The van der Waals surface area contributed by atoms with E-state index in [1.807, 2.05) is 0 Å². The van der Waals surface area contributed by atoms with Gasteiger partial charge < -0.3 is 10.5 Å². The summed E-state index contributed by atoms with van der Waals surface area (Å²) in [6.45, 7) is 1.66. The van der Waals surface area contributed by atoms with Gasteiger partial charge in [0.1, 0.15) is 5.75 Å². The van der Waals surface area contributed by atoms with Crippen LogP contribution in [0.4, 0.5) is 0 Å². The molecule has 0 aliphatic rings. The monoisotopic (exact) mass is 272 g/mol. The predicted octanol–water partition coefficient (Wildman–Crippen LogP) is 0.157. The van der Waals surface area contributed by atoms with Crippen molar-refractivity contribution in [2.24, 2.45) is 5.73 Å². The smallest absolute Gasteiger partial charge is 0.240 e. The molecule has 0 fully saturated rings. The van der Waals surface area contributed by atoms with Gasteiger partial charge in [-0.05, 0) is 30.7 Å². The molecule has 0 heterocycles. The van der Waals surface area contributed by atoms with Gasteiger partial charge in [0.05, 0.1) is 12.0 Å². The lowest BCUT2D eigenvalue weighted by atomic mass is 10.2. The van der Waals surface area contributed by atoms with Gasteiger partial charge in [-0.25, -0.2) is 13.1 Å². The molecule has 0 saturated carbocycles. The number of aryl methyl sites for hydroxylation is 1. The van der Waals surface area contributed by atoms with Crippen molar-refractivity contribution >= 4 is 15.9 Å². The zero-order valence-corrected chi connectivity index (χ0v) is 11.1. The van der Waals surface area contributed by atoms with Crippen molar-refractivity contribution in [2.75, 3.05) is 13.7 Å². The van der Waals surface area contributed by atoms with Crippen molar-refractivity contribution in [3.8, 4) is 5.75 Å². The summed E-state index contributed by atoms with van der Waals surface area (Å²) >= 11 is 0. The van der Waals surface area contributed by atoms with E-state index in [1.165, 1.54) is 13.2 Å². The number of amides is 1. The van der Waals surface area contributed by atoms with Crippen molar-refractivity contribution in [2.45, 2.75) is 18.2 Å². The molecule has 18 heavy (non-hydrogen) atoms. The quantitative estimate of drug-likeness (QED) is 0.770. The number of nitrogens with one attached hydrogen (secondary N) is 1. The maximum absolute atomic E-state index is 11.9. The molecule has 0 aliphatic heterocycles. The molecule has 0 aromatic heterocycles. The van der Waals surface area contributed by atoms with E-state index >= 15 is 0 Å². The van der Waals surface area contributed by atoms with Crippen molar-refractivity contribution in [3.05, 3.63) is 23.8 Å². The molecule has 1 aromatic carbocycles. The molecule has 3 N–H and O–H groups in total. The average Bonchev–Trinajstić information content (AvgIpc) is 2.27. The highest BCUT2D eigenvalue weighted by Gasteiger charge is 2.16. The summed E-state index contributed by atoms with van der Waals surface area (Å²) in [4.78, 5) is 10.7. The van der Waals surface area contributed by atoms with Crippen LogP contribution >= 0.6 is 0 Å². The molecule has 0 bridgehead atoms. The normalized spacial score (nSPS) is 11.2. The number of benzene rings is 1. The Balaban J connectivity index is 2.88. The standard InChI is InChI=1S/C11H16N2O4S/c1-8-7-9(17-2)3-4-10(8)18(15,16)13-6-5-11(12)14/h3-4,7,13H,5-6H2,1-2H3,(H2,12,14). The van der Waals surface area contributed by atoms with Gasteiger partial charge in [-0.2, -0.15) is 0 Å². The molecule has 1 aromatic rings. The fourth-order valence-corrected chi connectivity index (χ4v) is 2.69. The summed E-state index contributed by atoms with van der Waals surface area (Å²) in [6, 6.07) is 4.65. The molecular formula is C11H16N2O4S. The third-order valence-electron chi connectivity index (χ3n) is 2.34. The topological polar surface area (TPSA) is 98.5 Å². The number of hydrogen-bond acceptors (Lipinski definition) is 4. The summed E-state index contributed by atoms with van der Waals surface area (Å²) < 4.78 is 31.2. The molecule has 0 unspecified atom stereocenters. The van der Waals surface area contributed by atoms with Crippen molar-refractivity contribution < 1.29 is 17.9 Å². The first kappa shape index (κ1) is 14.5. The molecule has 100 valence electrons. The van der Waals surface area contributed by atoms with Crippen LogP contribution in [0.15, 0.2) is 23.1 Å². The first-order valence-electron chi connectivity index (χ1n) is 5.29. The summed E-state index contributed by atoms with van der Waals surface area (Å²) in [5.74, 6) is 0.0349. The minimum Gasteiger partial charge on any atom is -0.497 e. The van der Waals surface area contributed by atoms with Crippen LogP contribution in [0.5, 0.6) is 5.75 Å². The van der Waals surface area contributed by atoms with E-state index in [0.29, 0.717) is 11.3 Å². The van der Waals surface area contributed by atoms with Gasteiger partial charge in [-0.1, -0.05) is 0 Å². The summed E-state index contributed by atoms with van der Waals surface area (Å²) in [5.41, 5.74) is 5.51. The molecule has 0 radical (unpaired) electrons. The maximum Gasteiger partial charge on any atom is 0.240 e. The van der Waals surface area contributed by atoms with Gasteiger partial charge in [0, 0.05) is 13.0 Å². The Morgan fingerprint density at radius 3 is 2.61 bits per heavy atom. The Bertz CT molecular complexity index is 540. The Labute approximate surface area is 106 Å². The largest absolute Gasteiger partial charge is 0.497 e. The summed E-state index contributed by atoms with van der Waals surface area (Å²) in [6.07, 6.45) is -0.0333. The SMILES string of the molecule is COc1ccc(S(=O)(=O)NCCC(N)=O)c(C)c1. The van der Waals surface area contributed by atoms with E-state index in [0.717, 1.165) is 0 Å². The predicted molar refractivity (Wildman–Crippen MR) is 66.7 cm³/mol. The van der Waals surface area contributed by atoms with E-state index < -0.39 is 15.9 Å². The second-order valence-electron chi connectivity index (χ2n) is 3.75. The van der Waals surface area contributed by atoms with Gasteiger partial charge in [-0.3, -0.25) is 4.79 Å². The number of methoxy groups -OCH3 is 1. The van der Waals surface area contributed by atoms with Crippen LogP contribution in [0.2, 0.25) is 0 Å². The van der Waals surface area contributed by atoms with E-state index in [-0.39, 0.29) is 17.9 Å². The van der Waals surface area contributed by atoms with Crippen LogP contribution < -0.4 is 15.2 Å². The van der Waals surface area contributed by atoms with Gasteiger partial charge >= 0.3 is 0 Å². The molecule has 7 heteroatoms. The lowest BCUT2D eigenvalue weighted by molar-refractivity contribution is -0.117. The number of primary amides is 1. The first-order valence-corrected chi connectivity index (χ1v) is 6.78. The summed E-state index contributed by atoms with van der Waals surface area (Å²) in [7, 11) is -2.12. The molecule has 0 aliphatic carbocycles. The zero-order chi connectivity index (χ0) is 13.8. The van der Waals surface area contributed by atoms with E-state index in [2.05, 4.69) is 4.72 Å². The molecule has 6 nitrogen and oxygen atoms in total. The van der Waals surface area contributed by atoms with E-state index in [4.69, 9.17) is 10.5 Å². The van der Waals surface area contributed by atoms with Crippen molar-refractivity contribution in [3.63, 3.8) is 0 Å². The van der Waals surface area contributed by atoms with Crippen LogP contribution in [-0.4, -0.2) is 28.0 Å². The van der Waals surface area contributed by atoms with Gasteiger partial charge in [0.15, 0.2) is 0 Å². The molecule has 0 atom stereocenters. The number of carbonyl (C=O) groups is 1. The Morgan fingerprint density at radius 1 is 1.44 bits per heavy atom. The number of ether oxygens (including phenoxy) is 1. The van der Waals surface area contributed by atoms with Crippen LogP contribution in [0.1, 0.15) is 12.0 Å². The lowest BCUT2D eigenvalue weighted by Gasteiger charge is -2.09. The fourth-order valence-electron chi connectivity index (χ4n) is 1.44. The lowest BCUT2D eigenvalue weighted by Crippen LogP contribution is -2.28. The minimum atomic E-state index is -3.62. The van der Waals surface area contributed by atoms with E-state index in [1.54, 1.807) is 19.1 Å². The van der Waals surface area contributed by atoms with Gasteiger partial charge in [0.2, 0.25) is 15.9 Å². The second-order valence-corrected chi connectivity index (χ2v) is 5.48. The molecule has 0 spiro atoms. The Kier molecular flexibility index (Phi) is 4.69. The minimum absolute atomic E-state index is 0.0108. The molecule has 1 amide bonds. The van der Waals surface area contributed by atoms with Crippen LogP contribution in [0, 0.1) is 6.92 Å². The highest BCUT2D eigenvalue weighted by atomic mass is 32.2. The number of carbonyl (C=O) groups excluding carboxylic acids is 1. The number of rotatable bonds is 6. The molecule has 1 rings (SSSR count). The maximum atomic E-state index is 11.9. The van der Waals surface area contributed by atoms with Crippen molar-refractivity contribution in [1.82, 2.24) is 4.72 Å². The second kappa shape index (κ2) is 5.83. The number of nitrogens with two attached hydrogens (primary N) is 1. The van der Waals surface area contributed by atoms with Crippen LogP contribution in [0.25, 0.3) is 0 Å². The Morgan fingerprint density at radius 2 is 2.11 bits per heavy atom. The van der Waals surface area contributed by atoms with Crippen LogP contribution in [-0.2, 0) is 14.8 Å². The average molecular weight is 272 g/mol. The Hall–Kier alpha value is -1.60. The third kappa shape index (κ3) is 3.71. The fraction of sp³-hybridized carbons (Fsp3) is 0.364. The van der Waals surface area contributed by atoms with Crippen LogP contribution in [0.3, 0.4) is 0 Å². The highest BCUT2D eigenvalue weighted by Crippen LogP contribution is 2.20. The number of hydrogen-bond donors (Lipinski definition) is 2. The first-order chi connectivity index (χ1) is 8.36. The zero-order valence-electron chi connectivity index (χ0n) is 10.3. The highest BCUT2D eigenvalue weighted by molar-refractivity contribution is 7.89. The molecule has 0 saturated heterocycles.